The zero-order valence-corrected chi connectivity index (χ0v) is 18.2. The molecule has 1 aromatic heterocycles. The molecule has 3 aromatic rings. The molecule has 4 rings (SSSR count). The highest BCUT2D eigenvalue weighted by Crippen LogP contribution is 2.28. The molecule has 1 saturated heterocycles. The summed E-state index contributed by atoms with van der Waals surface area (Å²) in [4.78, 5) is 15.8. The average molecular weight is 443 g/mol. The van der Waals surface area contributed by atoms with Gasteiger partial charge in [0.25, 0.3) is 15.9 Å². The fourth-order valence-corrected chi connectivity index (χ4v) is 6.19. The number of carbonyl (C=O) groups excluding carboxylic acids is 1. The summed E-state index contributed by atoms with van der Waals surface area (Å²) in [5, 5.41) is 0. The molecule has 1 aliphatic heterocycles. The summed E-state index contributed by atoms with van der Waals surface area (Å²) in [7, 11) is -3.51. The van der Waals surface area contributed by atoms with Crippen molar-refractivity contribution in [1.82, 2.24) is 9.21 Å². The Bertz CT molecular complexity index is 1130. The van der Waals surface area contributed by atoms with Gasteiger partial charge in [-0.05, 0) is 43.3 Å². The molecule has 0 unspecified atom stereocenters. The summed E-state index contributed by atoms with van der Waals surface area (Å²) in [5.41, 5.74) is 0.464. The van der Waals surface area contributed by atoms with Crippen molar-refractivity contribution in [3.8, 4) is 11.5 Å². The Morgan fingerprint density at radius 3 is 2.23 bits per heavy atom. The lowest BCUT2D eigenvalue weighted by Gasteiger charge is -2.34. The van der Waals surface area contributed by atoms with E-state index in [0.29, 0.717) is 34.4 Å². The Balaban J connectivity index is 1.46. The molecule has 0 N–H and O–H groups in total. The third-order valence-corrected chi connectivity index (χ3v) is 8.29. The minimum Gasteiger partial charge on any atom is -0.457 e. The fourth-order valence-electron chi connectivity index (χ4n) is 3.33. The molecule has 0 spiro atoms. The van der Waals surface area contributed by atoms with E-state index in [9.17, 15) is 13.2 Å². The number of benzene rings is 2. The highest BCUT2D eigenvalue weighted by molar-refractivity contribution is 7.91. The minimum absolute atomic E-state index is 0.162. The number of sulfonamides is 1. The Morgan fingerprint density at radius 2 is 1.57 bits per heavy atom. The van der Waals surface area contributed by atoms with Crippen LogP contribution >= 0.6 is 11.3 Å². The first-order valence-corrected chi connectivity index (χ1v) is 11.9. The molecule has 0 saturated carbocycles. The van der Waals surface area contributed by atoms with Gasteiger partial charge < -0.3 is 9.64 Å². The molecule has 0 radical (unpaired) electrons. The zero-order valence-electron chi connectivity index (χ0n) is 16.5. The third kappa shape index (κ3) is 4.26. The van der Waals surface area contributed by atoms with Crippen LogP contribution in [-0.2, 0) is 10.0 Å². The quantitative estimate of drug-likeness (QED) is 0.599. The van der Waals surface area contributed by atoms with Crippen molar-refractivity contribution >= 4 is 27.3 Å². The molecule has 1 aliphatic rings. The highest BCUT2D eigenvalue weighted by Gasteiger charge is 2.32. The van der Waals surface area contributed by atoms with Crippen LogP contribution in [0.1, 0.15) is 15.2 Å². The number of para-hydroxylation sites is 2. The molecule has 1 fully saturated rings. The average Bonchev–Trinajstić information content (AvgIpc) is 3.22. The van der Waals surface area contributed by atoms with Crippen LogP contribution in [0.15, 0.2) is 70.9 Å². The summed E-state index contributed by atoms with van der Waals surface area (Å²) in [6.07, 6.45) is 0. The summed E-state index contributed by atoms with van der Waals surface area (Å²) < 4.78 is 33.3. The highest BCUT2D eigenvalue weighted by atomic mass is 32.2. The van der Waals surface area contributed by atoms with Crippen molar-refractivity contribution in [2.45, 2.75) is 11.1 Å². The molecule has 8 heteroatoms. The number of ether oxygens (including phenoxy) is 1. The Labute approximate surface area is 180 Å². The molecule has 0 bridgehead atoms. The number of hydrogen-bond donors (Lipinski definition) is 0. The largest absolute Gasteiger partial charge is 0.457 e. The van der Waals surface area contributed by atoms with Gasteiger partial charge in [-0.2, -0.15) is 4.31 Å². The number of piperazine rings is 1. The fraction of sp³-hybridized carbons (Fsp3) is 0.227. The lowest BCUT2D eigenvalue weighted by Crippen LogP contribution is -2.50. The Hall–Kier alpha value is -2.68. The van der Waals surface area contributed by atoms with Crippen molar-refractivity contribution in [2.24, 2.45) is 0 Å². The molecule has 0 atom stereocenters. The van der Waals surface area contributed by atoms with Gasteiger partial charge in [0.2, 0.25) is 0 Å². The maximum atomic E-state index is 13.1. The second kappa shape index (κ2) is 8.59. The van der Waals surface area contributed by atoms with E-state index < -0.39 is 10.0 Å². The molecule has 30 heavy (non-hydrogen) atoms. The molecular weight excluding hydrogens is 420 g/mol. The lowest BCUT2D eigenvalue weighted by atomic mass is 10.1. The van der Waals surface area contributed by atoms with Gasteiger partial charge in [-0.3, -0.25) is 4.79 Å². The summed E-state index contributed by atoms with van der Waals surface area (Å²) in [5.74, 6) is 0.975. The number of hydrogen-bond acceptors (Lipinski definition) is 5. The molecule has 2 aromatic carbocycles. The summed E-state index contributed by atoms with van der Waals surface area (Å²) >= 11 is 1.27. The van der Waals surface area contributed by atoms with Gasteiger partial charge in [-0.15, -0.1) is 11.3 Å². The number of rotatable bonds is 5. The van der Waals surface area contributed by atoms with Crippen molar-refractivity contribution in [1.29, 1.82) is 0 Å². The maximum absolute atomic E-state index is 13.1. The summed E-state index contributed by atoms with van der Waals surface area (Å²) in [6, 6.07) is 19.9. The SMILES string of the molecule is Cc1ccc(S(=O)(=O)N2CCN(C(=O)c3ccccc3Oc3ccccc3)CC2)s1. The molecule has 156 valence electrons. The second-order valence-corrected chi connectivity index (χ2v) is 10.4. The zero-order chi connectivity index (χ0) is 21.1. The monoisotopic (exact) mass is 442 g/mol. The molecule has 6 nitrogen and oxygen atoms in total. The maximum Gasteiger partial charge on any atom is 0.257 e. The van der Waals surface area contributed by atoms with E-state index in [1.165, 1.54) is 15.6 Å². The van der Waals surface area contributed by atoms with Crippen molar-refractivity contribution < 1.29 is 17.9 Å². The van der Waals surface area contributed by atoms with Gasteiger partial charge in [-0.25, -0.2) is 8.42 Å². The third-order valence-electron chi connectivity index (χ3n) is 4.92. The van der Waals surface area contributed by atoms with Crippen LogP contribution in [0, 0.1) is 6.92 Å². The Kier molecular flexibility index (Phi) is 5.90. The van der Waals surface area contributed by atoms with Crippen LogP contribution in [0.25, 0.3) is 0 Å². The van der Waals surface area contributed by atoms with Crippen molar-refractivity contribution in [3.05, 3.63) is 77.2 Å². The molecule has 1 amide bonds. The van der Waals surface area contributed by atoms with Crippen LogP contribution in [-0.4, -0.2) is 49.7 Å². The number of thiophene rings is 1. The first kappa shape index (κ1) is 20.6. The van der Waals surface area contributed by atoms with Gasteiger partial charge in [0.15, 0.2) is 0 Å². The van der Waals surface area contributed by atoms with E-state index in [-0.39, 0.29) is 19.0 Å². The lowest BCUT2D eigenvalue weighted by molar-refractivity contribution is 0.0695. The standard InChI is InChI=1S/C22H22N2O4S2/c1-17-11-12-21(29-17)30(26,27)24-15-13-23(14-16-24)22(25)19-9-5-6-10-20(19)28-18-7-3-2-4-8-18/h2-12H,13-16H2,1H3. The predicted molar refractivity (Wildman–Crippen MR) is 117 cm³/mol. The van der Waals surface area contributed by atoms with E-state index in [1.54, 1.807) is 35.2 Å². The molecular formula is C22H22N2O4S2. The van der Waals surface area contributed by atoms with Gasteiger partial charge in [-0.1, -0.05) is 30.3 Å². The molecule has 0 aliphatic carbocycles. The van der Waals surface area contributed by atoms with Crippen LogP contribution in [0.4, 0.5) is 0 Å². The number of aryl methyl sites for hydroxylation is 1. The number of carbonyl (C=O) groups is 1. The second-order valence-electron chi connectivity index (χ2n) is 6.97. The van der Waals surface area contributed by atoms with Crippen LogP contribution in [0.5, 0.6) is 11.5 Å². The van der Waals surface area contributed by atoms with Gasteiger partial charge in [0, 0.05) is 31.1 Å². The normalized spacial score (nSPS) is 15.2. The predicted octanol–water partition coefficient (Wildman–Crippen LogP) is 4.00. The van der Waals surface area contributed by atoms with Crippen LogP contribution < -0.4 is 4.74 Å². The van der Waals surface area contributed by atoms with E-state index in [4.69, 9.17) is 4.74 Å². The Morgan fingerprint density at radius 1 is 0.900 bits per heavy atom. The van der Waals surface area contributed by atoms with Gasteiger partial charge in [0.1, 0.15) is 15.7 Å². The number of amides is 1. The van der Waals surface area contributed by atoms with E-state index in [1.807, 2.05) is 43.3 Å². The number of nitrogens with zero attached hydrogens (tertiary/aromatic N) is 2. The topological polar surface area (TPSA) is 66.9 Å². The summed E-state index contributed by atoms with van der Waals surface area (Å²) in [6.45, 7) is 3.10. The van der Waals surface area contributed by atoms with E-state index in [0.717, 1.165) is 4.88 Å². The smallest absolute Gasteiger partial charge is 0.257 e. The van der Waals surface area contributed by atoms with Crippen LogP contribution in [0.3, 0.4) is 0 Å². The molecule has 2 heterocycles. The first-order valence-electron chi connectivity index (χ1n) is 9.63. The van der Waals surface area contributed by atoms with Crippen molar-refractivity contribution in [2.75, 3.05) is 26.2 Å². The van der Waals surface area contributed by atoms with Crippen LogP contribution in [0.2, 0.25) is 0 Å². The van der Waals surface area contributed by atoms with Gasteiger partial charge in [0.05, 0.1) is 5.56 Å². The van der Waals surface area contributed by atoms with E-state index in [2.05, 4.69) is 0 Å². The van der Waals surface area contributed by atoms with E-state index >= 15 is 0 Å². The van der Waals surface area contributed by atoms with Gasteiger partial charge >= 0.3 is 0 Å². The first-order chi connectivity index (χ1) is 14.4. The minimum atomic E-state index is -3.51. The van der Waals surface area contributed by atoms with Crippen molar-refractivity contribution in [3.63, 3.8) is 0 Å².